The van der Waals surface area contributed by atoms with Crippen molar-refractivity contribution in [3.8, 4) is 0 Å². The van der Waals surface area contributed by atoms with Crippen LogP contribution in [0.4, 0.5) is 0 Å². The lowest BCUT2D eigenvalue weighted by molar-refractivity contribution is 0.170. The summed E-state index contributed by atoms with van der Waals surface area (Å²) in [6.07, 6.45) is 3.88. The number of rotatable bonds is 0. The summed E-state index contributed by atoms with van der Waals surface area (Å²) >= 11 is 4.33. The summed E-state index contributed by atoms with van der Waals surface area (Å²) < 4.78 is 5.06. The number of hydrogen-bond acceptors (Lipinski definition) is 2. The van der Waals surface area contributed by atoms with Crippen molar-refractivity contribution in [1.29, 1.82) is 0 Å². The normalized spacial score (nSPS) is 44.6. The van der Waals surface area contributed by atoms with Gasteiger partial charge in [0.25, 0.3) is 0 Å². The van der Waals surface area contributed by atoms with Crippen molar-refractivity contribution in [2.45, 2.75) is 24.7 Å². The Kier molecular flexibility index (Phi) is 1.27. The number of hydrogen-bond donors (Lipinski definition) is 1. The average molecular weight is 130 g/mol. The van der Waals surface area contributed by atoms with Crippen molar-refractivity contribution < 1.29 is 4.74 Å². The summed E-state index contributed by atoms with van der Waals surface area (Å²) in [5, 5.41) is 0. The second kappa shape index (κ2) is 1.69. The summed E-state index contributed by atoms with van der Waals surface area (Å²) in [6.45, 7) is 4.04. The van der Waals surface area contributed by atoms with Gasteiger partial charge in [0.15, 0.2) is 0 Å². The Bertz CT molecular complexity index is 118. The summed E-state index contributed by atoms with van der Waals surface area (Å²) in [5.41, 5.74) is 0. The van der Waals surface area contributed by atoms with Gasteiger partial charge in [0.2, 0.25) is 0 Å². The number of ether oxygens (including phenoxy) is 1. The van der Waals surface area contributed by atoms with E-state index in [0.29, 0.717) is 0 Å². The highest BCUT2D eigenvalue weighted by Crippen LogP contribution is 2.27. The van der Waals surface area contributed by atoms with Gasteiger partial charge in [0, 0.05) is 0 Å². The second-order valence-electron chi connectivity index (χ2n) is 2.31. The highest BCUT2D eigenvalue weighted by atomic mass is 32.1. The fraction of sp³-hybridized carbons (Fsp3) is 0.667. The molecule has 1 nitrogen and oxygen atoms in total. The average Bonchev–Trinajstić information content (AvgIpc) is 1.86. The predicted octanol–water partition coefficient (Wildman–Crippen LogP) is 1.61. The van der Waals surface area contributed by atoms with Gasteiger partial charge in [-0.15, -0.1) is 0 Å². The lowest BCUT2D eigenvalue weighted by atomic mass is 10.1. The Morgan fingerprint density at radius 1 is 1.75 bits per heavy atom. The molecule has 2 heteroatoms. The first-order valence-electron chi connectivity index (χ1n) is 2.68. The molecule has 0 aliphatic carbocycles. The van der Waals surface area contributed by atoms with Crippen LogP contribution in [0.3, 0.4) is 0 Å². The summed E-state index contributed by atoms with van der Waals surface area (Å²) in [7, 11) is 0. The summed E-state index contributed by atoms with van der Waals surface area (Å²) in [6, 6.07) is 0. The van der Waals surface area contributed by atoms with Crippen LogP contribution in [-0.4, -0.2) is 10.9 Å². The molecule has 0 saturated heterocycles. The van der Waals surface area contributed by atoms with Crippen molar-refractivity contribution >= 4 is 12.6 Å². The molecule has 0 N–H and O–H groups in total. The molecule has 1 aliphatic rings. The van der Waals surface area contributed by atoms with Gasteiger partial charge < -0.3 is 4.74 Å². The fourth-order valence-electron chi connectivity index (χ4n) is 0.568. The molecule has 0 aromatic heterocycles. The maximum Gasteiger partial charge on any atom is 0.113 e. The first kappa shape index (κ1) is 6.02. The zero-order valence-electron chi connectivity index (χ0n) is 5.09. The van der Waals surface area contributed by atoms with Gasteiger partial charge in [-0.05, 0) is 19.9 Å². The van der Waals surface area contributed by atoms with Gasteiger partial charge in [0.05, 0.1) is 11.0 Å². The Hall–Kier alpha value is -0.110. The molecule has 0 amide bonds. The molecule has 0 fully saturated rings. The lowest BCUT2D eigenvalue weighted by Gasteiger charge is -2.18. The maximum absolute atomic E-state index is 5.11. The van der Waals surface area contributed by atoms with Gasteiger partial charge in [-0.1, -0.05) is 0 Å². The molecule has 8 heavy (non-hydrogen) atoms. The minimum atomic E-state index is -0.0556. The van der Waals surface area contributed by atoms with Crippen LogP contribution in [0.1, 0.15) is 13.8 Å². The largest absolute Gasteiger partial charge is 0.497 e. The smallest absolute Gasteiger partial charge is 0.113 e. The van der Waals surface area contributed by atoms with Crippen molar-refractivity contribution in [3.63, 3.8) is 0 Å². The molecule has 0 radical (unpaired) electrons. The molecule has 2 unspecified atom stereocenters. The van der Waals surface area contributed by atoms with E-state index >= 15 is 0 Å². The number of thiol groups is 1. The van der Waals surface area contributed by atoms with Crippen molar-refractivity contribution in [2.75, 3.05) is 0 Å². The zero-order chi connectivity index (χ0) is 6.20. The third-order valence-corrected chi connectivity index (χ3v) is 2.02. The van der Waals surface area contributed by atoms with Crippen LogP contribution in [0.25, 0.3) is 0 Å². The second-order valence-corrected chi connectivity index (χ2v) is 3.27. The van der Waals surface area contributed by atoms with Crippen LogP contribution in [0, 0.1) is 0 Å². The fourth-order valence-corrected chi connectivity index (χ4v) is 0.690. The standard InChI is InChI=1S/C6H10OS/c1-5-6(2,8)3-4-7-5/h3-5,8H,1-2H3. The van der Waals surface area contributed by atoms with Crippen LogP contribution >= 0.6 is 12.6 Å². The highest BCUT2D eigenvalue weighted by molar-refractivity contribution is 7.82. The molecule has 0 aromatic carbocycles. The molecule has 0 bridgehead atoms. The summed E-state index contributed by atoms with van der Waals surface area (Å²) in [4.78, 5) is 0. The van der Waals surface area contributed by atoms with Crippen LogP contribution in [-0.2, 0) is 4.74 Å². The Labute approximate surface area is 55.1 Å². The molecule has 0 saturated carbocycles. The van der Waals surface area contributed by atoms with E-state index in [0.717, 1.165) is 0 Å². The third kappa shape index (κ3) is 0.848. The SMILES string of the molecule is CC1OC=CC1(C)S. The molecule has 2 atom stereocenters. The molecule has 1 rings (SSSR count). The van der Waals surface area contributed by atoms with E-state index in [4.69, 9.17) is 4.74 Å². The quantitative estimate of drug-likeness (QED) is 0.490. The zero-order valence-corrected chi connectivity index (χ0v) is 5.98. The molecular weight excluding hydrogens is 120 g/mol. The van der Waals surface area contributed by atoms with E-state index in [2.05, 4.69) is 12.6 Å². The lowest BCUT2D eigenvalue weighted by Crippen LogP contribution is -2.25. The van der Waals surface area contributed by atoms with E-state index in [1.807, 2.05) is 19.9 Å². The van der Waals surface area contributed by atoms with E-state index in [9.17, 15) is 0 Å². The third-order valence-electron chi connectivity index (χ3n) is 1.51. The van der Waals surface area contributed by atoms with Crippen LogP contribution in [0.2, 0.25) is 0 Å². The predicted molar refractivity (Wildman–Crippen MR) is 37.1 cm³/mol. The molecule has 0 aromatic rings. The van der Waals surface area contributed by atoms with Gasteiger partial charge >= 0.3 is 0 Å². The molecule has 1 aliphatic heterocycles. The van der Waals surface area contributed by atoms with E-state index in [-0.39, 0.29) is 10.9 Å². The van der Waals surface area contributed by atoms with Gasteiger partial charge in [-0.2, -0.15) is 12.6 Å². The molecular formula is C6H10OS. The van der Waals surface area contributed by atoms with E-state index in [1.54, 1.807) is 6.26 Å². The van der Waals surface area contributed by atoms with Gasteiger partial charge in [-0.3, -0.25) is 0 Å². The summed E-state index contributed by atoms with van der Waals surface area (Å²) in [5.74, 6) is 0. The molecule has 46 valence electrons. The Morgan fingerprint density at radius 2 is 2.38 bits per heavy atom. The first-order chi connectivity index (χ1) is 3.63. The van der Waals surface area contributed by atoms with Crippen LogP contribution < -0.4 is 0 Å². The minimum Gasteiger partial charge on any atom is -0.497 e. The van der Waals surface area contributed by atoms with Gasteiger partial charge in [0.1, 0.15) is 6.10 Å². The van der Waals surface area contributed by atoms with Gasteiger partial charge in [-0.25, -0.2) is 0 Å². The van der Waals surface area contributed by atoms with Crippen LogP contribution in [0.5, 0.6) is 0 Å². The van der Waals surface area contributed by atoms with E-state index < -0.39 is 0 Å². The van der Waals surface area contributed by atoms with Crippen LogP contribution in [0.15, 0.2) is 12.3 Å². The monoisotopic (exact) mass is 130 g/mol. The Balaban J connectivity index is 2.67. The molecule has 0 spiro atoms. The van der Waals surface area contributed by atoms with E-state index in [1.165, 1.54) is 0 Å². The highest BCUT2D eigenvalue weighted by Gasteiger charge is 2.28. The topological polar surface area (TPSA) is 9.23 Å². The minimum absolute atomic E-state index is 0.0556. The van der Waals surface area contributed by atoms with Crippen molar-refractivity contribution in [3.05, 3.63) is 12.3 Å². The van der Waals surface area contributed by atoms with Crippen molar-refractivity contribution in [1.82, 2.24) is 0 Å². The maximum atomic E-state index is 5.11. The molecule has 1 heterocycles. The first-order valence-corrected chi connectivity index (χ1v) is 3.13. The van der Waals surface area contributed by atoms with Crippen molar-refractivity contribution in [2.24, 2.45) is 0 Å². The Morgan fingerprint density at radius 3 is 2.50 bits per heavy atom.